The molecule has 0 aliphatic heterocycles. The number of alkyl halides is 2. The highest BCUT2D eigenvalue weighted by atomic mass is 19.3. The van der Waals surface area contributed by atoms with Gasteiger partial charge in [0.1, 0.15) is 12.2 Å². The number of rotatable bonds is 8. The first-order chi connectivity index (χ1) is 9.86. The Labute approximate surface area is 120 Å². The van der Waals surface area contributed by atoms with Gasteiger partial charge in [0.25, 0.3) is 12.3 Å². The zero-order valence-corrected chi connectivity index (χ0v) is 11.8. The first-order valence-corrected chi connectivity index (χ1v) is 6.22. The Kier molecular flexibility index (Phi) is 6.29. The molecule has 0 saturated carbocycles. The van der Waals surface area contributed by atoms with Crippen molar-refractivity contribution in [3.63, 3.8) is 0 Å². The molecular weight excluding hydrogens is 288 g/mol. The summed E-state index contributed by atoms with van der Waals surface area (Å²) in [7, 11) is 1.39. The molecule has 0 spiro atoms. The average molecular weight is 305 g/mol. The molecule has 0 fully saturated rings. The van der Waals surface area contributed by atoms with Crippen molar-refractivity contribution in [2.75, 3.05) is 26.8 Å². The molecule has 0 atom stereocenters. The second-order valence-electron chi connectivity index (χ2n) is 4.42. The molecule has 118 valence electrons. The van der Waals surface area contributed by atoms with Gasteiger partial charge in [0.2, 0.25) is 0 Å². The smallest absolute Gasteiger partial charge is 0.311 e. The molecule has 0 unspecified atom stereocenters. The van der Waals surface area contributed by atoms with Crippen LogP contribution in [0.25, 0.3) is 0 Å². The highest BCUT2D eigenvalue weighted by Crippen LogP contribution is 2.20. The molecule has 1 heterocycles. The maximum Gasteiger partial charge on any atom is 0.311 e. The number of aryl methyl sites for hydroxylation is 1. The van der Waals surface area contributed by atoms with Crippen LogP contribution in [0.5, 0.6) is 0 Å². The van der Waals surface area contributed by atoms with Gasteiger partial charge in [-0.05, 0) is 6.92 Å². The number of furan rings is 1. The molecule has 0 aromatic carbocycles. The fraction of sp³-hybridized carbons (Fsp3) is 0.538. The molecule has 1 rings (SSSR count). The highest BCUT2D eigenvalue weighted by Gasteiger charge is 2.26. The Morgan fingerprint density at radius 2 is 2.14 bits per heavy atom. The van der Waals surface area contributed by atoms with Gasteiger partial charge in [-0.2, -0.15) is 0 Å². The zero-order valence-electron chi connectivity index (χ0n) is 11.8. The largest absolute Gasteiger partial charge is 0.481 e. The van der Waals surface area contributed by atoms with Crippen LogP contribution in [0.1, 0.15) is 21.7 Å². The summed E-state index contributed by atoms with van der Waals surface area (Å²) in [5.41, 5.74) is 0.432. The van der Waals surface area contributed by atoms with Crippen molar-refractivity contribution in [1.29, 1.82) is 0 Å². The van der Waals surface area contributed by atoms with E-state index in [9.17, 15) is 18.4 Å². The third-order valence-corrected chi connectivity index (χ3v) is 2.79. The van der Waals surface area contributed by atoms with E-state index in [-0.39, 0.29) is 24.5 Å². The standard InChI is InChI=1S/C13H17F2NO5/c1-8-7-21-9(5-11(17)18)12(8)13(19)16(3-4-20-2)6-10(14)15/h7,10H,3-6H2,1-2H3,(H,17,18). The quantitative estimate of drug-likeness (QED) is 0.788. The lowest BCUT2D eigenvalue weighted by Crippen LogP contribution is -2.38. The maximum atomic E-state index is 12.6. The number of nitrogens with zero attached hydrogens (tertiary/aromatic N) is 1. The molecule has 21 heavy (non-hydrogen) atoms. The number of amides is 1. The summed E-state index contributed by atoms with van der Waals surface area (Å²) in [4.78, 5) is 24.0. The van der Waals surface area contributed by atoms with Crippen LogP contribution < -0.4 is 0 Å². The Balaban J connectivity index is 3.01. The number of ether oxygens (including phenoxy) is 1. The second-order valence-corrected chi connectivity index (χ2v) is 4.42. The first kappa shape index (κ1) is 17.1. The van der Waals surface area contributed by atoms with Crippen molar-refractivity contribution < 1.29 is 32.6 Å². The van der Waals surface area contributed by atoms with Gasteiger partial charge in [0, 0.05) is 19.2 Å². The average Bonchev–Trinajstić information content (AvgIpc) is 2.73. The Hall–Kier alpha value is -1.96. The minimum Gasteiger partial charge on any atom is -0.481 e. The lowest BCUT2D eigenvalue weighted by molar-refractivity contribution is -0.136. The van der Waals surface area contributed by atoms with E-state index in [0.717, 1.165) is 4.90 Å². The van der Waals surface area contributed by atoms with E-state index in [1.165, 1.54) is 13.4 Å². The molecule has 1 aromatic heterocycles. The monoisotopic (exact) mass is 305 g/mol. The van der Waals surface area contributed by atoms with Crippen LogP contribution >= 0.6 is 0 Å². The van der Waals surface area contributed by atoms with Crippen LogP contribution in [0.2, 0.25) is 0 Å². The van der Waals surface area contributed by atoms with Gasteiger partial charge in [-0.25, -0.2) is 8.78 Å². The summed E-state index contributed by atoms with van der Waals surface area (Å²) < 4.78 is 35.0. The first-order valence-electron chi connectivity index (χ1n) is 6.22. The zero-order chi connectivity index (χ0) is 16.0. The van der Waals surface area contributed by atoms with Gasteiger partial charge < -0.3 is 19.2 Å². The normalized spacial score (nSPS) is 10.9. The fourth-order valence-electron chi connectivity index (χ4n) is 1.85. The number of carboxylic acids is 1. The summed E-state index contributed by atoms with van der Waals surface area (Å²) in [6.07, 6.45) is -1.94. The van der Waals surface area contributed by atoms with Crippen molar-refractivity contribution in [2.24, 2.45) is 0 Å². The van der Waals surface area contributed by atoms with Crippen LogP contribution in [-0.2, 0) is 16.0 Å². The van der Waals surface area contributed by atoms with E-state index in [0.29, 0.717) is 5.56 Å². The van der Waals surface area contributed by atoms with Gasteiger partial charge in [0.05, 0.1) is 25.0 Å². The lowest BCUT2D eigenvalue weighted by Gasteiger charge is -2.22. The van der Waals surface area contributed by atoms with E-state index >= 15 is 0 Å². The van der Waals surface area contributed by atoms with Gasteiger partial charge >= 0.3 is 5.97 Å². The van der Waals surface area contributed by atoms with E-state index in [4.69, 9.17) is 14.3 Å². The minimum absolute atomic E-state index is 0.0171. The molecular formula is C13H17F2NO5. The van der Waals surface area contributed by atoms with Crippen LogP contribution in [-0.4, -0.2) is 55.1 Å². The molecule has 0 aliphatic carbocycles. The minimum atomic E-state index is -2.69. The van der Waals surface area contributed by atoms with Crippen molar-refractivity contribution in [1.82, 2.24) is 4.90 Å². The van der Waals surface area contributed by atoms with Crippen molar-refractivity contribution in [2.45, 2.75) is 19.8 Å². The van der Waals surface area contributed by atoms with Crippen LogP contribution in [0.3, 0.4) is 0 Å². The van der Waals surface area contributed by atoms with Gasteiger partial charge in [-0.3, -0.25) is 9.59 Å². The van der Waals surface area contributed by atoms with E-state index in [1.54, 1.807) is 6.92 Å². The Morgan fingerprint density at radius 1 is 1.48 bits per heavy atom. The molecule has 0 saturated heterocycles. The topological polar surface area (TPSA) is 80.0 Å². The number of carbonyl (C=O) groups excluding carboxylic acids is 1. The maximum absolute atomic E-state index is 12.6. The predicted octanol–water partition coefficient (Wildman–Crippen LogP) is 1.57. The molecule has 1 amide bonds. The molecule has 8 heteroatoms. The number of aliphatic carboxylic acids is 1. The molecule has 6 nitrogen and oxygen atoms in total. The summed E-state index contributed by atoms with van der Waals surface area (Å²) >= 11 is 0. The number of carboxylic acid groups (broad SMARTS) is 1. The number of hydrogen-bond acceptors (Lipinski definition) is 4. The lowest BCUT2D eigenvalue weighted by atomic mass is 10.1. The number of methoxy groups -OCH3 is 1. The number of hydrogen-bond donors (Lipinski definition) is 1. The van der Waals surface area contributed by atoms with E-state index in [1.807, 2.05) is 0 Å². The predicted molar refractivity (Wildman–Crippen MR) is 68.6 cm³/mol. The summed E-state index contributed by atoms with van der Waals surface area (Å²) in [6, 6.07) is 0. The van der Waals surface area contributed by atoms with Crippen LogP contribution in [0.4, 0.5) is 8.78 Å². The molecule has 0 bridgehead atoms. The van der Waals surface area contributed by atoms with E-state index < -0.39 is 31.3 Å². The van der Waals surface area contributed by atoms with Crippen molar-refractivity contribution in [3.8, 4) is 0 Å². The highest BCUT2D eigenvalue weighted by molar-refractivity contribution is 5.97. The molecule has 1 N–H and O–H groups in total. The second kappa shape index (κ2) is 7.72. The molecule has 1 aromatic rings. The Bertz CT molecular complexity index is 501. The van der Waals surface area contributed by atoms with E-state index in [2.05, 4.69) is 0 Å². The third kappa shape index (κ3) is 4.82. The number of halogens is 2. The molecule has 0 aliphatic rings. The van der Waals surface area contributed by atoms with Crippen LogP contribution in [0, 0.1) is 6.92 Å². The summed E-state index contributed by atoms with van der Waals surface area (Å²) in [6.45, 7) is 0.888. The van der Waals surface area contributed by atoms with Crippen LogP contribution in [0.15, 0.2) is 10.7 Å². The number of carbonyl (C=O) groups is 2. The van der Waals surface area contributed by atoms with Crippen molar-refractivity contribution in [3.05, 3.63) is 23.2 Å². The summed E-state index contributed by atoms with van der Waals surface area (Å²) in [5.74, 6) is -1.90. The summed E-state index contributed by atoms with van der Waals surface area (Å²) in [5, 5.41) is 8.78. The third-order valence-electron chi connectivity index (χ3n) is 2.79. The molecule has 0 radical (unpaired) electrons. The SMILES string of the molecule is COCCN(CC(F)F)C(=O)c1c(C)coc1CC(=O)O. The fourth-order valence-corrected chi connectivity index (χ4v) is 1.85. The van der Waals surface area contributed by atoms with Crippen molar-refractivity contribution >= 4 is 11.9 Å². The Morgan fingerprint density at radius 3 is 2.67 bits per heavy atom. The van der Waals surface area contributed by atoms with Gasteiger partial charge in [-0.1, -0.05) is 0 Å². The van der Waals surface area contributed by atoms with Gasteiger partial charge in [-0.15, -0.1) is 0 Å². The van der Waals surface area contributed by atoms with Gasteiger partial charge in [0.15, 0.2) is 0 Å².